The van der Waals surface area contributed by atoms with Crippen molar-refractivity contribution in [2.75, 3.05) is 0 Å². The molecule has 0 aromatic carbocycles. The molecule has 0 unspecified atom stereocenters. The maximum atomic E-state index is 12.2. The number of hydrogen-bond acceptors (Lipinski definition) is 5. The zero-order valence-electron chi connectivity index (χ0n) is 10.9. The highest BCUT2D eigenvalue weighted by molar-refractivity contribution is 9.11. The minimum Gasteiger partial charge on any atom is -0.304 e. The van der Waals surface area contributed by atoms with Gasteiger partial charge in [-0.15, -0.1) is 10.2 Å². The summed E-state index contributed by atoms with van der Waals surface area (Å²) in [5.74, 6) is 0. The van der Waals surface area contributed by atoms with Crippen LogP contribution in [0.25, 0.3) is 0 Å². The third-order valence-corrected chi connectivity index (χ3v) is 5.16. The fourth-order valence-electron chi connectivity index (χ4n) is 2.43. The van der Waals surface area contributed by atoms with Crippen molar-refractivity contribution in [1.29, 1.82) is 0 Å². The molecule has 0 spiro atoms. The molecule has 2 aromatic heterocycles. The van der Waals surface area contributed by atoms with Gasteiger partial charge in [-0.25, -0.2) is 0 Å². The molecule has 0 amide bonds. The molecule has 106 valence electrons. The summed E-state index contributed by atoms with van der Waals surface area (Å²) in [6.45, 7) is 2.29. The predicted octanol–water partition coefficient (Wildman–Crippen LogP) is 1.57. The van der Waals surface area contributed by atoms with Gasteiger partial charge in [-0.2, -0.15) is 0 Å². The molecule has 20 heavy (non-hydrogen) atoms. The first-order valence-corrected chi connectivity index (χ1v) is 7.91. The van der Waals surface area contributed by atoms with Gasteiger partial charge in [-0.1, -0.05) is 11.3 Å². The molecule has 0 atom stereocenters. The van der Waals surface area contributed by atoms with Crippen LogP contribution in [0.5, 0.6) is 0 Å². The fraction of sp³-hybridized carbons (Fsp3) is 0.500. The molecule has 6 nitrogen and oxygen atoms in total. The van der Waals surface area contributed by atoms with Crippen molar-refractivity contribution >= 4 is 27.3 Å². The summed E-state index contributed by atoms with van der Waals surface area (Å²) >= 11 is 4.57. The monoisotopic (exact) mass is 356 g/mol. The van der Waals surface area contributed by atoms with Crippen LogP contribution in [0, 0.1) is 0 Å². The number of nitrogens with zero attached hydrogens (tertiary/aromatic N) is 4. The lowest BCUT2D eigenvalue weighted by Crippen LogP contribution is -2.50. The van der Waals surface area contributed by atoms with Gasteiger partial charge in [0.15, 0.2) is 3.92 Å². The maximum Gasteiger partial charge on any atom is 0.316 e. The number of hydrogen-bond donors (Lipinski definition) is 0. The molecule has 1 saturated carbocycles. The Hall–Kier alpha value is -1.28. The van der Waals surface area contributed by atoms with Crippen molar-refractivity contribution in [3.8, 4) is 0 Å². The SMILES string of the molecule is CC1(n2ccn(Cc3nnc(Br)s3)c(=O)c2=O)CCC1. The predicted molar refractivity (Wildman–Crippen MR) is 79.2 cm³/mol. The Morgan fingerprint density at radius 1 is 1.30 bits per heavy atom. The Morgan fingerprint density at radius 2 is 2.05 bits per heavy atom. The van der Waals surface area contributed by atoms with Gasteiger partial charge in [-0.05, 0) is 42.1 Å². The minimum atomic E-state index is -0.507. The molecular weight excluding hydrogens is 344 g/mol. The van der Waals surface area contributed by atoms with Gasteiger partial charge >= 0.3 is 11.1 Å². The van der Waals surface area contributed by atoms with E-state index in [0.717, 1.165) is 19.3 Å². The van der Waals surface area contributed by atoms with E-state index in [-0.39, 0.29) is 12.1 Å². The molecule has 0 N–H and O–H groups in total. The highest BCUT2D eigenvalue weighted by Gasteiger charge is 2.34. The standard InChI is InChI=1S/C12H13BrN4O2S/c1-12(3-2-4-12)17-6-5-16(9(18)10(17)19)7-8-14-15-11(13)20-8/h5-6H,2-4,7H2,1H3. The van der Waals surface area contributed by atoms with Crippen molar-refractivity contribution in [1.82, 2.24) is 19.3 Å². The first-order chi connectivity index (χ1) is 9.49. The number of rotatable bonds is 3. The van der Waals surface area contributed by atoms with E-state index in [0.29, 0.717) is 8.92 Å². The van der Waals surface area contributed by atoms with E-state index in [4.69, 9.17) is 0 Å². The van der Waals surface area contributed by atoms with E-state index in [9.17, 15) is 9.59 Å². The molecule has 1 aliphatic carbocycles. The summed E-state index contributed by atoms with van der Waals surface area (Å²) in [6, 6.07) is 0. The summed E-state index contributed by atoms with van der Waals surface area (Å²) in [7, 11) is 0. The molecule has 0 bridgehead atoms. The Bertz CT molecular complexity index is 759. The summed E-state index contributed by atoms with van der Waals surface area (Å²) in [5.41, 5.74) is -1.16. The van der Waals surface area contributed by atoms with E-state index in [1.54, 1.807) is 17.0 Å². The zero-order valence-corrected chi connectivity index (χ0v) is 13.3. The van der Waals surface area contributed by atoms with Crippen LogP contribution in [0.15, 0.2) is 25.9 Å². The smallest absolute Gasteiger partial charge is 0.304 e. The van der Waals surface area contributed by atoms with E-state index in [2.05, 4.69) is 26.1 Å². The van der Waals surface area contributed by atoms with Crippen LogP contribution in [-0.2, 0) is 12.1 Å². The average molecular weight is 357 g/mol. The number of aromatic nitrogens is 4. The lowest BCUT2D eigenvalue weighted by atomic mass is 9.78. The lowest BCUT2D eigenvalue weighted by Gasteiger charge is -2.39. The second kappa shape index (κ2) is 4.92. The Balaban J connectivity index is 1.97. The van der Waals surface area contributed by atoms with E-state index < -0.39 is 11.1 Å². The van der Waals surface area contributed by atoms with Gasteiger partial charge < -0.3 is 9.13 Å². The van der Waals surface area contributed by atoms with Crippen LogP contribution in [0.3, 0.4) is 0 Å². The van der Waals surface area contributed by atoms with Gasteiger partial charge in [0.1, 0.15) is 5.01 Å². The molecule has 1 fully saturated rings. The second-order valence-corrected chi connectivity index (χ2v) is 7.54. The van der Waals surface area contributed by atoms with Crippen LogP contribution in [0.4, 0.5) is 0 Å². The van der Waals surface area contributed by atoms with Crippen LogP contribution in [-0.4, -0.2) is 19.3 Å². The highest BCUT2D eigenvalue weighted by Crippen LogP contribution is 2.37. The normalized spacial score (nSPS) is 16.9. The summed E-state index contributed by atoms with van der Waals surface area (Å²) in [5, 5.41) is 8.45. The molecule has 3 rings (SSSR count). The van der Waals surface area contributed by atoms with E-state index >= 15 is 0 Å². The van der Waals surface area contributed by atoms with Gasteiger partial charge in [0.2, 0.25) is 0 Å². The molecule has 0 saturated heterocycles. The Kier molecular flexibility index (Phi) is 3.37. The molecule has 2 heterocycles. The minimum absolute atomic E-state index is 0.193. The largest absolute Gasteiger partial charge is 0.316 e. The first-order valence-electron chi connectivity index (χ1n) is 6.30. The van der Waals surface area contributed by atoms with Gasteiger partial charge in [0, 0.05) is 17.9 Å². The molecule has 8 heteroatoms. The van der Waals surface area contributed by atoms with Gasteiger partial charge in [-0.3, -0.25) is 9.59 Å². The van der Waals surface area contributed by atoms with Gasteiger partial charge in [0.05, 0.1) is 6.54 Å². The van der Waals surface area contributed by atoms with Crippen molar-refractivity contribution < 1.29 is 0 Å². The first kappa shape index (κ1) is 13.7. The van der Waals surface area contributed by atoms with E-state index in [1.807, 2.05) is 6.92 Å². The molecule has 2 aromatic rings. The highest BCUT2D eigenvalue weighted by atomic mass is 79.9. The van der Waals surface area contributed by atoms with Crippen LogP contribution >= 0.6 is 27.3 Å². The maximum absolute atomic E-state index is 12.2. The van der Waals surface area contributed by atoms with Crippen LogP contribution in [0.1, 0.15) is 31.2 Å². The quantitative estimate of drug-likeness (QED) is 0.782. The van der Waals surface area contributed by atoms with Crippen LogP contribution < -0.4 is 11.1 Å². The van der Waals surface area contributed by atoms with Crippen LogP contribution in [0.2, 0.25) is 0 Å². The Morgan fingerprint density at radius 3 is 2.60 bits per heavy atom. The van der Waals surface area contributed by atoms with Gasteiger partial charge in [0.25, 0.3) is 0 Å². The number of halogens is 1. The third kappa shape index (κ3) is 2.26. The third-order valence-electron chi connectivity index (χ3n) is 3.82. The molecule has 0 radical (unpaired) electrons. The van der Waals surface area contributed by atoms with Crippen molar-refractivity contribution in [3.63, 3.8) is 0 Å². The Labute approximate surface area is 127 Å². The van der Waals surface area contributed by atoms with Crippen molar-refractivity contribution in [2.24, 2.45) is 0 Å². The zero-order chi connectivity index (χ0) is 14.3. The van der Waals surface area contributed by atoms with Crippen molar-refractivity contribution in [3.05, 3.63) is 42.0 Å². The average Bonchev–Trinajstić information content (AvgIpc) is 2.78. The molecule has 1 aliphatic rings. The molecule has 0 aliphatic heterocycles. The summed E-state index contributed by atoms with van der Waals surface area (Å²) < 4.78 is 3.62. The second-order valence-electron chi connectivity index (χ2n) is 5.21. The van der Waals surface area contributed by atoms with E-state index in [1.165, 1.54) is 15.9 Å². The fourth-order valence-corrected chi connectivity index (χ4v) is 3.63. The molecular formula is C12H13BrN4O2S. The summed E-state index contributed by atoms with van der Waals surface area (Å²) in [6.07, 6.45) is 6.35. The van der Waals surface area contributed by atoms with Crippen molar-refractivity contribution in [2.45, 2.75) is 38.3 Å². The topological polar surface area (TPSA) is 69.8 Å². The lowest BCUT2D eigenvalue weighted by molar-refractivity contribution is 0.161. The summed E-state index contributed by atoms with van der Waals surface area (Å²) in [4.78, 5) is 24.4.